The predicted octanol–water partition coefficient (Wildman–Crippen LogP) is 5.08. The van der Waals surface area contributed by atoms with Crippen molar-refractivity contribution in [3.8, 4) is 0 Å². The van der Waals surface area contributed by atoms with Crippen LogP contribution >= 0.6 is 46.4 Å². The van der Waals surface area contributed by atoms with Gasteiger partial charge in [-0.2, -0.15) is 0 Å². The number of rotatable bonds is 3. The third kappa shape index (κ3) is 3.10. The molecule has 4 nitrogen and oxygen atoms in total. The molecule has 122 valence electrons. The maximum Gasteiger partial charge on any atom is 0.283 e. The monoisotopic (exact) mass is 400 g/mol. The second-order valence-electron chi connectivity index (χ2n) is 4.87. The van der Waals surface area contributed by atoms with Crippen LogP contribution in [0.25, 0.3) is 0 Å². The van der Waals surface area contributed by atoms with Gasteiger partial charge >= 0.3 is 0 Å². The number of hydrogen-bond donors (Lipinski definition) is 1. The minimum Gasteiger partial charge on any atom is -0.350 e. The summed E-state index contributed by atoms with van der Waals surface area (Å²) in [4.78, 5) is 25.9. The Hall–Kier alpha value is -1.72. The number of benzene rings is 2. The first-order valence-electron chi connectivity index (χ1n) is 6.64. The van der Waals surface area contributed by atoms with Crippen LogP contribution in [0.2, 0.25) is 15.1 Å². The molecule has 1 aliphatic heterocycles. The van der Waals surface area contributed by atoms with E-state index in [9.17, 15) is 9.59 Å². The van der Waals surface area contributed by atoms with Gasteiger partial charge in [-0.1, -0.05) is 58.5 Å². The van der Waals surface area contributed by atoms with E-state index >= 15 is 0 Å². The lowest BCUT2D eigenvalue weighted by Gasteiger charge is -2.16. The number of carbonyl (C=O) groups is 2. The Morgan fingerprint density at radius 2 is 1.46 bits per heavy atom. The SMILES string of the molecule is O=C1C(Cl)=C(Nc2cc(Cl)cc(Cl)c2)C(=O)N1c1ccccc1Cl. The predicted molar refractivity (Wildman–Crippen MR) is 96.9 cm³/mol. The zero-order valence-electron chi connectivity index (χ0n) is 11.8. The number of nitrogens with one attached hydrogen (secondary N) is 1. The smallest absolute Gasteiger partial charge is 0.283 e. The van der Waals surface area contributed by atoms with Gasteiger partial charge in [0.1, 0.15) is 10.7 Å². The number of hydrogen-bond acceptors (Lipinski definition) is 3. The molecule has 0 bridgehead atoms. The lowest BCUT2D eigenvalue weighted by atomic mass is 10.3. The molecule has 0 saturated carbocycles. The molecule has 1 aliphatic rings. The summed E-state index contributed by atoms with van der Waals surface area (Å²) in [6.45, 7) is 0. The first-order valence-corrected chi connectivity index (χ1v) is 8.16. The van der Waals surface area contributed by atoms with E-state index in [1.54, 1.807) is 42.5 Å². The van der Waals surface area contributed by atoms with Crippen LogP contribution in [0.5, 0.6) is 0 Å². The zero-order chi connectivity index (χ0) is 17.4. The largest absolute Gasteiger partial charge is 0.350 e. The molecule has 2 aromatic rings. The Bertz CT molecular complexity index is 875. The first-order chi connectivity index (χ1) is 11.4. The molecule has 0 atom stereocenters. The van der Waals surface area contributed by atoms with Crippen molar-refractivity contribution < 1.29 is 9.59 Å². The molecule has 1 heterocycles. The molecule has 0 fully saturated rings. The summed E-state index contributed by atoms with van der Waals surface area (Å²) >= 11 is 24.0. The minimum atomic E-state index is -0.662. The average Bonchev–Trinajstić information content (AvgIpc) is 2.71. The lowest BCUT2D eigenvalue weighted by molar-refractivity contribution is -0.120. The number of carbonyl (C=O) groups excluding carboxylic acids is 2. The van der Waals surface area contributed by atoms with Crippen molar-refractivity contribution in [1.29, 1.82) is 0 Å². The van der Waals surface area contributed by atoms with Crippen LogP contribution < -0.4 is 10.2 Å². The van der Waals surface area contributed by atoms with Gasteiger partial charge in [-0.25, -0.2) is 4.90 Å². The van der Waals surface area contributed by atoms with Gasteiger partial charge in [0.25, 0.3) is 11.8 Å². The fourth-order valence-electron chi connectivity index (χ4n) is 2.23. The highest BCUT2D eigenvalue weighted by Gasteiger charge is 2.39. The van der Waals surface area contributed by atoms with E-state index < -0.39 is 11.8 Å². The molecule has 1 N–H and O–H groups in total. The van der Waals surface area contributed by atoms with Crippen molar-refractivity contribution in [2.75, 3.05) is 10.2 Å². The highest BCUT2D eigenvalue weighted by atomic mass is 35.5. The highest BCUT2D eigenvalue weighted by molar-refractivity contribution is 6.53. The number of halogens is 4. The molecule has 24 heavy (non-hydrogen) atoms. The minimum absolute atomic E-state index is 0.0695. The van der Waals surface area contributed by atoms with Crippen molar-refractivity contribution in [1.82, 2.24) is 0 Å². The Kier molecular flexibility index (Phi) is 4.74. The van der Waals surface area contributed by atoms with Gasteiger partial charge in [0.2, 0.25) is 0 Å². The van der Waals surface area contributed by atoms with Crippen LogP contribution in [0.4, 0.5) is 11.4 Å². The normalized spacial score (nSPS) is 14.6. The third-order valence-electron chi connectivity index (χ3n) is 3.25. The van der Waals surface area contributed by atoms with Gasteiger partial charge in [0.15, 0.2) is 0 Å². The summed E-state index contributed by atoms with van der Waals surface area (Å²) in [5, 5.41) is 3.57. The lowest BCUT2D eigenvalue weighted by Crippen LogP contribution is -2.32. The molecule has 0 aliphatic carbocycles. The number of amides is 2. The molecule has 0 aromatic heterocycles. The van der Waals surface area contributed by atoms with Crippen molar-refractivity contribution >= 4 is 69.6 Å². The van der Waals surface area contributed by atoms with E-state index in [-0.39, 0.29) is 21.4 Å². The maximum absolute atomic E-state index is 12.6. The van der Waals surface area contributed by atoms with E-state index in [0.717, 1.165) is 4.90 Å². The van der Waals surface area contributed by atoms with Gasteiger partial charge in [-0.3, -0.25) is 9.59 Å². The van der Waals surface area contributed by atoms with Crippen LogP contribution in [0.15, 0.2) is 53.2 Å². The Labute approximate surface area is 157 Å². The molecular weight excluding hydrogens is 394 g/mol. The van der Waals surface area contributed by atoms with Crippen LogP contribution in [0.3, 0.4) is 0 Å². The molecule has 8 heteroatoms. The van der Waals surface area contributed by atoms with Crippen molar-refractivity contribution in [3.05, 3.63) is 68.3 Å². The molecule has 2 aromatic carbocycles. The van der Waals surface area contributed by atoms with E-state index in [1.165, 1.54) is 0 Å². The molecule has 0 spiro atoms. The van der Waals surface area contributed by atoms with Gasteiger partial charge < -0.3 is 5.32 Å². The van der Waals surface area contributed by atoms with Crippen LogP contribution in [0, 0.1) is 0 Å². The average molecular weight is 402 g/mol. The van der Waals surface area contributed by atoms with E-state index in [1.807, 2.05) is 0 Å². The summed E-state index contributed by atoms with van der Waals surface area (Å²) in [6, 6.07) is 11.1. The molecule has 0 unspecified atom stereocenters. The molecule has 3 rings (SSSR count). The number of imide groups is 1. The van der Waals surface area contributed by atoms with Crippen molar-refractivity contribution in [2.24, 2.45) is 0 Å². The second kappa shape index (κ2) is 6.65. The van der Waals surface area contributed by atoms with Gasteiger partial charge in [0, 0.05) is 15.7 Å². The number of para-hydroxylation sites is 1. The second-order valence-corrected chi connectivity index (χ2v) is 6.53. The fraction of sp³-hybridized carbons (Fsp3) is 0. The number of nitrogens with zero attached hydrogens (tertiary/aromatic N) is 1. The van der Waals surface area contributed by atoms with Crippen LogP contribution in [-0.2, 0) is 9.59 Å². The summed E-state index contributed by atoms with van der Waals surface area (Å²) in [5.41, 5.74) is 0.621. The topological polar surface area (TPSA) is 49.4 Å². The summed E-state index contributed by atoms with van der Waals surface area (Å²) in [6.07, 6.45) is 0. The van der Waals surface area contributed by atoms with Gasteiger partial charge in [0.05, 0.1) is 10.7 Å². The fourth-order valence-corrected chi connectivity index (χ4v) is 3.19. The standard InChI is InChI=1S/C16H8Cl4N2O2/c17-8-5-9(18)7-10(6-8)21-14-13(20)15(23)22(16(14)24)12-4-2-1-3-11(12)19/h1-7,21H. The molecule has 2 amide bonds. The van der Waals surface area contributed by atoms with Crippen LogP contribution in [0.1, 0.15) is 0 Å². The number of anilines is 2. The first kappa shape index (κ1) is 17.1. The van der Waals surface area contributed by atoms with Gasteiger partial charge in [-0.15, -0.1) is 0 Å². The Morgan fingerprint density at radius 1 is 0.833 bits per heavy atom. The van der Waals surface area contributed by atoms with Crippen molar-refractivity contribution in [3.63, 3.8) is 0 Å². The Morgan fingerprint density at radius 3 is 2.08 bits per heavy atom. The quantitative estimate of drug-likeness (QED) is 0.729. The maximum atomic E-state index is 12.6. The Balaban J connectivity index is 1.96. The van der Waals surface area contributed by atoms with E-state index in [4.69, 9.17) is 46.4 Å². The van der Waals surface area contributed by atoms with Crippen LogP contribution in [-0.4, -0.2) is 11.8 Å². The van der Waals surface area contributed by atoms with E-state index in [2.05, 4.69) is 5.32 Å². The van der Waals surface area contributed by atoms with Gasteiger partial charge in [-0.05, 0) is 30.3 Å². The van der Waals surface area contributed by atoms with E-state index in [0.29, 0.717) is 15.7 Å². The summed E-state index contributed by atoms with van der Waals surface area (Å²) < 4.78 is 0. The third-order valence-corrected chi connectivity index (χ3v) is 4.36. The molecule has 0 saturated heterocycles. The molecule has 0 radical (unpaired) electrons. The van der Waals surface area contributed by atoms with Crippen molar-refractivity contribution in [2.45, 2.75) is 0 Å². The summed E-state index contributed by atoms with van der Waals surface area (Å²) in [7, 11) is 0. The summed E-state index contributed by atoms with van der Waals surface area (Å²) in [5.74, 6) is -1.28. The highest BCUT2D eigenvalue weighted by Crippen LogP contribution is 2.34. The molecular formula is C16H8Cl4N2O2. The zero-order valence-corrected chi connectivity index (χ0v) is 14.8.